The smallest absolute Gasteiger partial charge is 0.194 e. The molecule has 1 aromatic carbocycles. The fraction of sp³-hybridized carbons (Fsp3) is 0.667. The fourth-order valence-corrected chi connectivity index (χ4v) is 3.69. The average molecular weight is 425 g/mol. The van der Waals surface area contributed by atoms with Crippen molar-refractivity contribution in [2.75, 3.05) is 65.6 Å². The standard InChI is InChI=1S/C21H33ClN4O3/c1-2-23-20(24-17-21(27)7-14-28-15-8-21)26-11-9-25(10-12-26)13-16-29-19-5-3-18(22)4-6-19/h3-6,27H,2,7-17H2,1H3,(H,23,24). The Balaban J connectivity index is 1.43. The van der Waals surface area contributed by atoms with Gasteiger partial charge in [-0.15, -0.1) is 0 Å². The van der Waals surface area contributed by atoms with Crippen LogP contribution in [0.5, 0.6) is 5.75 Å². The maximum absolute atomic E-state index is 10.7. The number of halogens is 1. The molecule has 0 atom stereocenters. The monoisotopic (exact) mass is 424 g/mol. The summed E-state index contributed by atoms with van der Waals surface area (Å²) in [7, 11) is 0. The second kappa shape index (κ2) is 11.0. The van der Waals surface area contributed by atoms with Gasteiger partial charge in [0.25, 0.3) is 0 Å². The zero-order valence-corrected chi connectivity index (χ0v) is 18.0. The van der Waals surface area contributed by atoms with Gasteiger partial charge in [0, 0.05) is 70.3 Å². The number of ether oxygens (including phenoxy) is 2. The van der Waals surface area contributed by atoms with E-state index in [1.165, 1.54) is 0 Å². The normalized spacial score (nSPS) is 20.5. The Morgan fingerprint density at radius 3 is 2.55 bits per heavy atom. The molecular weight excluding hydrogens is 392 g/mol. The van der Waals surface area contributed by atoms with Crippen LogP contribution in [0.2, 0.25) is 5.02 Å². The second-order valence-electron chi connectivity index (χ2n) is 7.64. The summed E-state index contributed by atoms with van der Waals surface area (Å²) in [5.74, 6) is 1.74. The Morgan fingerprint density at radius 1 is 1.21 bits per heavy atom. The minimum absolute atomic E-state index is 0.424. The summed E-state index contributed by atoms with van der Waals surface area (Å²) < 4.78 is 11.2. The van der Waals surface area contributed by atoms with E-state index in [4.69, 9.17) is 26.1 Å². The summed E-state index contributed by atoms with van der Waals surface area (Å²) in [6.07, 6.45) is 1.30. The molecule has 2 aliphatic rings. The molecule has 2 N–H and O–H groups in total. The molecule has 3 rings (SSSR count). The lowest BCUT2D eigenvalue weighted by molar-refractivity contribution is -0.0567. The molecule has 0 amide bonds. The zero-order chi connectivity index (χ0) is 20.5. The highest BCUT2D eigenvalue weighted by Crippen LogP contribution is 2.21. The minimum Gasteiger partial charge on any atom is -0.492 e. The number of nitrogens with one attached hydrogen (secondary N) is 1. The summed E-state index contributed by atoms with van der Waals surface area (Å²) in [5, 5.41) is 14.8. The van der Waals surface area contributed by atoms with Gasteiger partial charge in [-0.05, 0) is 31.2 Å². The Bertz CT molecular complexity index is 642. The number of benzene rings is 1. The van der Waals surface area contributed by atoms with E-state index in [1.807, 2.05) is 24.3 Å². The quantitative estimate of drug-likeness (QED) is 0.514. The molecule has 0 bridgehead atoms. The highest BCUT2D eigenvalue weighted by molar-refractivity contribution is 6.30. The lowest BCUT2D eigenvalue weighted by Gasteiger charge is -2.37. The first kappa shape index (κ1) is 22.2. The van der Waals surface area contributed by atoms with Gasteiger partial charge in [0.1, 0.15) is 12.4 Å². The van der Waals surface area contributed by atoms with Gasteiger partial charge in [0.15, 0.2) is 5.96 Å². The maximum Gasteiger partial charge on any atom is 0.194 e. The average Bonchev–Trinajstić information content (AvgIpc) is 2.74. The van der Waals surface area contributed by atoms with Crippen LogP contribution in [0.15, 0.2) is 29.3 Å². The van der Waals surface area contributed by atoms with E-state index in [-0.39, 0.29) is 0 Å². The van der Waals surface area contributed by atoms with Crippen LogP contribution in [0.1, 0.15) is 19.8 Å². The molecule has 0 unspecified atom stereocenters. The van der Waals surface area contributed by atoms with Crippen LogP contribution in [-0.4, -0.2) is 92.1 Å². The largest absolute Gasteiger partial charge is 0.492 e. The molecule has 2 aliphatic heterocycles. The molecular formula is C21H33ClN4O3. The Labute approximate surface area is 178 Å². The van der Waals surface area contributed by atoms with Crippen molar-refractivity contribution in [3.8, 4) is 5.75 Å². The summed E-state index contributed by atoms with van der Waals surface area (Å²) >= 11 is 5.90. The van der Waals surface area contributed by atoms with Gasteiger partial charge in [-0.3, -0.25) is 9.89 Å². The van der Waals surface area contributed by atoms with Gasteiger partial charge < -0.3 is 24.8 Å². The topological polar surface area (TPSA) is 69.6 Å². The molecule has 0 aliphatic carbocycles. The maximum atomic E-state index is 10.7. The molecule has 7 nitrogen and oxygen atoms in total. The predicted octanol–water partition coefficient (Wildman–Crippen LogP) is 1.84. The first-order valence-corrected chi connectivity index (χ1v) is 10.9. The van der Waals surface area contributed by atoms with Crippen LogP contribution < -0.4 is 10.1 Å². The first-order chi connectivity index (χ1) is 14.1. The summed E-state index contributed by atoms with van der Waals surface area (Å²) in [6.45, 7) is 9.83. The number of aliphatic hydroxyl groups is 1. The number of rotatable bonds is 7. The van der Waals surface area contributed by atoms with E-state index < -0.39 is 5.60 Å². The van der Waals surface area contributed by atoms with Gasteiger partial charge in [-0.1, -0.05) is 11.6 Å². The van der Waals surface area contributed by atoms with Crippen molar-refractivity contribution in [2.45, 2.75) is 25.4 Å². The number of hydrogen-bond acceptors (Lipinski definition) is 5. The van der Waals surface area contributed by atoms with Gasteiger partial charge in [-0.2, -0.15) is 0 Å². The second-order valence-corrected chi connectivity index (χ2v) is 8.07. The molecule has 29 heavy (non-hydrogen) atoms. The third-order valence-electron chi connectivity index (χ3n) is 5.44. The molecule has 1 aromatic rings. The predicted molar refractivity (Wildman–Crippen MR) is 116 cm³/mol. The Morgan fingerprint density at radius 2 is 1.90 bits per heavy atom. The molecule has 162 valence electrons. The number of piperazine rings is 1. The third-order valence-corrected chi connectivity index (χ3v) is 5.70. The number of hydrogen-bond donors (Lipinski definition) is 2. The van der Waals surface area contributed by atoms with Crippen LogP contribution >= 0.6 is 11.6 Å². The molecule has 0 saturated carbocycles. The lowest BCUT2D eigenvalue weighted by atomic mass is 9.95. The van der Waals surface area contributed by atoms with E-state index in [0.29, 0.717) is 39.2 Å². The van der Waals surface area contributed by atoms with E-state index in [1.54, 1.807) is 0 Å². The highest BCUT2D eigenvalue weighted by atomic mass is 35.5. The van der Waals surface area contributed by atoms with E-state index in [0.717, 1.165) is 56.0 Å². The molecule has 2 heterocycles. The van der Waals surface area contributed by atoms with E-state index in [9.17, 15) is 5.11 Å². The number of nitrogens with zero attached hydrogens (tertiary/aromatic N) is 3. The summed E-state index contributed by atoms with van der Waals surface area (Å²) in [5.41, 5.74) is -0.736. The lowest BCUT2D eigenvalue weighted by Crippen LogP contribution is -2.53. The molecule has 0 radical (unpaired) electrons. The fourth-order valence-electron chi connectivity index (χ4n) is 3.56. The van der Waals surface area contributed by atoms with E-state index >= 15 is 0 Å². The summed E-state index contributed by atoms with van der Waals surface area (Å²) in [6, 6.07) is 7.47. The zero-order valence-electron chi connectivity index (χ0n) is 17.3. The van der Waals surface area contributed by atoms with Crippen LogP contribution in [0.4, 0.5) is 0 Å². The van der Waals surface area contributed by atoms with Gasteiger partial charge in [0.2, 0.25) is 0 Å². The van der Waals surface area contributed by atoms with Crippen molar-refractivity contribution in [1.82, 2.24) is 15.1 Å². The first-order valence-electron chi connectivity index (χ1n) is 10.5. The summed E-state index contributed by atoms with van der Waals surface area (Å²) in [4.78, 5) is 9.42. The Hall–Kier alpha value is -1.54. The SMILES string of the molecule is CCNC(=NCC1(O)CCOCC1)N1CCN(CCOc2ccc(Cl)cc2)CC1. The van der Waals surface area contributed by atoms with Crippen molar-refractivity contribution in [1.29, 1.82) is 0 Å². The van der Waals surface area contributed by atoms with Crippen LogP contribution in [0, 0.1) is 0 Å². The van der Waals surface area contributed by atoms with E-state index in [2.05, 4.69) is 22.0 Å². The van der Waals surface area contributed by atoms with Crippen LogP contribution in [0.25, 0.3) is 0 Å². The Kier molecular flexibility index (Phi) is 8.41. The molecule has 0 spiro atoms. The van der Waals surface area contributed by atoms with Crippen LogP contribution in [0.3, 0.4) is 0 Å². The molecule has 0 aromatic heterocycles. The van der Waals surface area contributed by atoms with Crippen molar-refractivity contribution in [3.63, 3.8) is 0 Å². The molecule has 2 fully saturated rings. The van der Waals surface area contributed by atoms with Crippen molar-refractivity contribution in [2.24, 2.45) is 4.99 Å². The third kappa shape index (κ3) is 7.03. The van der Waals surface area contributed by atoms with Crippen molar-refractivity contribution < 1.29 is 14.6 Å². The molecule has 2 saturated heterocycles. The number of guanidine groups is 1. The van der Waals surface area contributed by atoms with Crippen LogP contribution in [-0.2, 0) is 4.74 Å². The van der Waals surface area contributed by atoms with Crippen molar-refractivity contribution >= 4 is 17.6 Å². The van der Waals surface area contributed by atoms with Gasteiger partial charge >= 0.3 is 0 Å². The molecule has 8 heteroatoms. The minimum atomic E-state index is -0.736. The number of aliphatic imine (C=N–C) groups is 1. The highest BCUT2D eigenvalue weighted by Gasteiger charge is 2.30. The van der Waals surface area contributed by atoms with Gasteiger partial charge in [-0.25, -0.2) is 0 Å². The van der Waals surface area contributed by atoms with Crippen molar-refractivity contribution in [3.05, 3.63) is 29.3 Å². The van der Waals surface area contributed by atoms with Gasteiger partial charge in [0.05, 0.1) is 12.1 Å².